The summed E-state index contributed by atoms with van der Waals surface area (Å²) >= 11 is 0. The highest BCUT2D eigenvalue weighted by molar-refractivity contribution is 5.20. The van der Waals surface area contributed by atoms with Crippen molar-refractivity contribution in [3.05, 3.63) is 47.8 Å². The Hall–Kier alpha value is -1.62. The van der Waals surface area contributed by atoms with E-state index < -0.39 is 0 Å². The lowest BCUT2D eigenvalue weighted by Crippen LogP contribution is -2.17. The summed E-state index contributed by atoms with van der Waals surface area (Å²) in [4.78, 5) is 0. The van der Waals surface area contributed by atoms with Gasteiger partial charge in [-0.25, -0.2) is 4.39 Å². The zero-order valence-electron chi connectivity index (χ0n) is 15.2. The molecule has 0 unspecified atom stereocenters. The quantitative estimate of drug-likeness (QED) is 0.543. The third-order valence-corrected chi connectivity index (χ3v) is 6.51. The van der Waals surface area contributed by atoms with Crippen LogP contribution in [0.2, 0.25) is 0 Å². The van der Waals surface area contributed by atoms with Gasteiger partial charge in [-0.15, -0.1) is 0 Å². The molecule has 2 aliphatic rings. The van der Waals surface area contributed by atoms with Crippen molar-refractivity contribution in [1.29, 1.82) is 5.26 Å². The van der Waals surface area contributed by atoms with Gasteiger partial charge in [-0.05, 0) is 92.7 Å². The first-order valence-electron chi connectivity index (χ1n) is 10.1. The van der Waals surface area contributed by atoms with Gasteiger partial charge >= 0.3 is 0 Å². The maximum absolute atomic E-state index is 13.1. The van der Waals surface area contributed by atoms with Crippen molar-refractivity contribution >= 4 is 0 Å². The minimum atomic E-state index is -0.129. The number of nitrogens with zero attached hydrogens (tertiary/aromatic N) is 1. The molecular formula is C23H30FN. The molecule has 0 amide bonds. The van der Waals surface area contributed by atoms with Crippen LogP contribution in [0.25, 0.3) is 0 Å². The standard InChI is InChI=1S/C23H30FN/c24-23-15-13-22(14-16-23)21-11-9-20(10-12-21)8-7-19-5-3-18(4-6-19)2-1-17-25/h1-2,13-16,18-21H,3-12H2/t18-,19-,20-,21-. The van der Waals surface area contributed by atoms with Crippen LogP contribution in [0, 0.1) is 34.9 Å². The highest BCUT2D eigenvalue weighted by atomic mass is 19.1. The average Bonchev–Trinajstić information content (AvgIpc) is 2.67. The third kappa shape index (κ3) is 5.43. The molecule has 0 aliphatic heterocycles. The Balaban J connectivity index is 1.35. The van der Waals surface area contributed by atoms with E-state index in [2.05, 4.69) is 12.1 Å². The molecular weight excluding hydrogens is 309 g/mol. The Bertz CT molecular complexity index is 582. The van der Waals surface area contributed by atoms with Crippen molar-refractivity contribution in [2.45, 2.75) is 70.1 Å². The molecule has 3 rings (SSSR count). The Labute approximate surface area is 151 Å². The van der Waals surface area contributed by atoms with Gasteiger partial charge in [0, 0.05) is 6.08 Å². The molecule has 2 saturated carbocycles. The number of nitriles is 1. The first-order valence-corrected chi connectivity index (χ1v) is 10.1. The van der Waals surface area contributed by atoms with Gasteiger partial charge in [-0.3, -0.25) is 0 Å². The van der Waals surface area contributed by atoms with Crippen LogP contribution in [0.3, 0.4) is 0 Å². The van der Waals surface area contributed by atoms with E-state index in [1.54, 1.807) is 18.2 Å². The first kappa shape index (κ1) is 18.2. The number of hydrogen-bond acceptors (Lipinski definition) is 1. The third-order valence-electron chi connectivity index (χ3n) is 6.51. The molecule has 0 radical (unpaired) electrons. The number of allylic oxidation sites excluding steroid dienone is 2. The van der Waals surface area contributed by atoms with E-state index in [0.717, 1.165) is 11.8 Å². The van der Waals surface area contributed by atoms with E-state index in [1.807, 2.05) is 12.1 Å². The van der Waals surface area contributed by atoms with E-state index in [-0.39, 0.29) is 5.82 Å². The maximum atomic E-state index is 13.1. The van der Waals surface area contributed by atoms with E-state index >= 15 is 0 Å². The van der Waals surface area contributed by atoms with Gasteiger partial charge in [0.15, 0.2) is 0 Å². The topological polar surface area (TPSA) is 23.8 Å². The molecule has 134 valence electrons. The molecule has 0 N–H and O–H groups in total. The van der Waals surface area contributed by atoms with Crippen LogP contribution in [0.15, 0.2) is 36.4 Å². The zero-order valence-corrected chi connectivity index (χ0v) is 15.2. The Morgan fingerprint density at radius 2 is 1.44 bits per heavy atom. The summed E-state index contributed by atoms with van der Waals surface area (Å²) in [5.41, 5.74) is 1.32. The van der Waals surface area contributed by atoms with Gasteiger partial charge in [0.1, 0.15) is 5.82 Å². The van der Waals surface area contributed by atoms with Crippen LogP contribution >= 0.6 is 0 Å². The van der Waals surface area contributed by atoms with Crippen molar-refractivity contribution in [3.8, 4) is 6.07 Å². The fraction of sp³-hybridized carbons (Fsp3) is 0.609. The summed E-state index contributed by atoms with van der Waals surface area (Å²) < 4.78 is 13.1. The molecule has 0 saturated heterocycles. The molecule has 0 atom stereocenters. The molecule has 1 aromatic rings. The minimum absolute atomic E-state index is 0.129. The minimum Gasteiger partial charge on any atom is -0.207 e. The van der Waals surface area contributed by atoms with Crippen LogP contribution < -0.4 is 0 Å². The van der Waals surface area contributed by atoms with Gasteiger partial charge in [0.2, 0.25) is 0 Å². The van der Waals surface area contributed by atoms with Crippen LogP contribution in [-0.2, 0) is 0 Å². The molecule has 0 spiro atoms. The second-order valence-electron chi connectivity index (χ2n) is 8.12. The maximum Gasteiger partial charge on any atom is 0.123 e. The van der Waals surface area contributed by atoms with Gasteiger partial charge in [-0.2, -0.15) is 5.26 Å². The number of hydrogen-bond donors (Lipinski definition) is 0. The average molecular weight is 339 g/mol. The highest BCUT2D eigenvalue weighted by Crippen LogP contribution is 2.39. The number of rotatable bonds is 5. The first-order chi connectivity index (χ1) is 12.2. The highest BCUT2D eigenvalue weighted by Gasteiger charge is 2.24. The molecule has 0 bridgehead atoms. The summed E-state index contributed by atoms with van der Waals surface area (Å²) in [5, 5.41) is 8.63. The number of halogens is 1. The van der Waals surface area contributed by atoms with E-state index in [9.17, 15) is 4.39 Å². The van der Waals surface area contributed by atoms with Crippen molar-refractivity contribution < 1.29 is 4.39 Å². The van der Waals surface area contributed by atoms with E-state index in [1.165, 1.54) is 69.8 Å². The smallest absolute Gasteiger partial charge is 0.123 e. The van der Waals surface area contributed by atoms with Crippen molar-refractivity contribution in [1.82, 2.24) is 0 Å². The van der Waals surface area contributed by atoms with Crippen LogP contribution in [-0.4, -0.2) is 0 Å². The number of benzene rings is 1. The summed E-state index contributed by atoms with van der Waals surface area (Å²) in [7, 11) is 0. The van der Waals surface area contributed by atoms with Gasteiger partial charge in [-0.1, -0.05) is 31.1 Å². The summed E-state index contributed by atoms with van der Waals surface area (Å²) in [5.74, 6) is 2.95. The van der Waals surface area contributed by atoms with Crippen molar-refractivity contribution in [2.24, 2.45) is 17.8 Å². The normalized spacial score (nSPS) is 30.2. The zero-order chi connectivity index (χ0) is 17.5. The Morgan fingerprint density at radius 1 is 0.880 bits per heavy atom. The van der Waals surface area contributed by atoms with E-state index in [4.69, 9.17) is 5.26 Å². The predicted molar refractivity (Wildman–Crippen MR) is 101 cm³/mol. The fourth-order valence-electron chi connectivity index (χ4n) is 4.84. The van der Waals surface area contributed by atoms with Crippen LogP contribution in [0.4, 0.5) is 4.39 Å². The molecule has 25 heavy (non-hydrogen) atoms. The Morgan fingerprint density at radius 3 is 2.00 bits per heavy atom. The molecule has 2 aliphatic carbocycles. The van der Waals surface area contributed by atoms with E-state index in [0.29, 0.717) is 11.8 Å². The second-order valence-corrected chi connectivity index (χ2v) is 8.12. The largest absolute Gasteiger partial charge is 0.207 e. The monoisotopic (exact) mass is 339 g/mol. The van der Waals surface area contributed by atoms with Gasteiger partial charge < -0.3 is 0 Å². The van der Waals surface area contributed by atoms with Gasteiger partial charge in [0.25, 0.3) is 0 Å². The van der Waals surface area contributed by atoms with Crippen molar-refractivity contribution in [3.63, 3.8) is 0 Å². The summed E-state index contributed by atoms with van der Waals surface area (Å²) in [6, 6.07) is 9.26. The SMILES string of the molecule is N#CC=C[C@H]1CC[C@H](CC[C@H]2CC[C@H](c3ccc(F)cc3)CC2)CC1. The molecule has 0 heterocycles. The molecule has 0 aromatic heterocycles. The lowest BCUT2D eigenvalue weighted by atomic mass is 9.74. The van der Waals surface area contributed by atoms with Crippen LogP contribution in [0.5, 0.6) is 0 Å². The predicted octanol–water partition coefficient (Wildman–Crippen LogP) is 6.77. The van der Waals surface area contributed by atoms with Crippen LogP contribution in [0.1, 0.15) is 75.7 Å². The molecule has 2 fully saturated rings. The van der Waals surface area contributed by atoms with Gasteiger partial charge in [0.05, 0.1) is 6.07 Å². The Kier molecular flexibility index (Phi) is 6.68. The molecule has 1 nitrogen and oxygen atoms in total. The lowest BCUT2D eigenvalue weighted by molar-refractivity contribution is 0.246. The molecule has 1 aromatic carbocycles. The van der Waals surface area contributed by atoms with Crippen molar-refractivity contribution in [2.75, 3.05) is 0 Å². The summed E-state index contributed by atoms with van der Waals surface area (Å²) in [6.07, 6.45) is 16.9. The fourth-order valence-corrected chi connectivity index (χ4v) is 4.84. The lowest BCUT2D eigenvalue weighted by Gasteiger charge is -2.31. The second kappa shape index (κ2) is 9.18. The molecule has 2 heteroatoms. The summed E-state index contributed by atoms with van der Waals surface area (Å²) in [6.45, 7) is 0.